The maximum atomic E-state index is 12.0. The van der Waals surface area contributed by atoms with Crippen LogP contribution in [0.5, 0.6) is 0 Å². The van der Waals surface area contributed by atoms with Gasteiger partial charge in [0.05, 0.1) is 23.2 Å². The van der Waals surface area contributed by atoms with Crippen molar-refractivity contribution in [1.29, 1.82) is 0 Å². The number of nitrogen functional groups attached to an aromatic ring is 1. The summed E-state index contributed by atoms with van der Waals surface area (Å²) in [5.74, 6) is 0.00715. The summed E-state index contributed by atoms with van der Waals surface area (Å²) >= 11 is 1.63. The molecule has 1 aromatic carbocycles. The molecule has 0 saturated carbocycles. The van der Waals surface area contributed by atoms with E-state index in [4.69, 9.17) is 5.73 Å². The smallest absolute Gasteiger partial charge is 0.224 e. The zero-order valence-corrected chi connectivity index (χ0v) is 12.8. The largest absolute Gasteiger partial charge is 0.399 e. The summed E-state index contributed by atoms with van der Waals surface area (Å²) in [6.45, 7) is 5.94. The van der Waals surface area contributed by atoms with Gasteiger partial charge in [0.1, 0.15) is 0 Å². The summed E-state index contributed by atoms with van der Waals surface area (Å²) in [7, 11) is 0. The minimum absolute atomic E-state index is 0.00715. The Morgan fingerprint density at radius 2 is 2.00 bits per heavy atom. The number of nitrogens with one attached hydrogen (secondary N) is 1. The summed E-state index contributed by atoms with van der Waals surface area (Å²) in [6, 6.07) is 7.36. The second-order valence-electron chi connectivity index (χ2n) is 4.89. The zero-order chi connectivity index (χ0) is 14.7. The average Bonchev–Trinajstić information content (AvgIpc) is 2.71. The first-order valence-electron chi connectivity index (χ1n) is 6.53. The van der Waals surface area contributed by atoms with E-state index in [2.05, 4.69) is 10.3 Å². The fourth-order valence-corrected chi connectivity index (χ4v) is 3.06. The van der Waals surface area contributed by atoms with Crippen molar-refractivity contribution in [2.75, 3.05) is 5.73 Å². The van der Waals surface area contributed by atoms with Crippen LogP contribution in [0.1, 0.15) is 34.1 Å². The number of hydrogen-bond donors (Lipinski definition) is 2. The molecule has 0 fully saturated rings. The molecule has 4 nitrogen and oxygen atoms in total. The Balaban J connectivity index is 1.97. The maximum absolute atomic E-state index is 12.0. The van der Waals surface area contributed by atoms with Crippen molar-refractivity contribution >= 4 is 22.9 Å². The Labute approximate surface area is 123 Å². The van der Waals surface area contributed by atoms with E-state index in [1.807, 2.05) is 45.0 Å². The normalized spacial score (nSPS) is 12.2. The van der Waals surface area contributed by atoms with Crippen molar-refractivity contribution in [3.8, 4) is 0 Å². The van der Waals surface area contributed by atoms with E-state index in [0.29, 0.717) is 12.1 Å². The fourth-order valence-electron chi connectivity index (χ4n) is 2.13. The number of rotatable bonds is 4. The molecule has 20 heavy (non-hydrogen) atoms. The number of benzene rings is 1. The van der Waals surface area contributed by atoms with Gasteiger partial charge >= 0.3 is 0 Å². The van der Waals surface area contributed by atoms with Crippen LogP contribution in [0, 0.1) is 13.8 Å². The maximum Gasteiger partial charge on any atom is 0.224 e. The number of hydrogen-bond acceptors (Lipinski definition) is 4. The lowest BCUT2D eigenvalue weighted by Gasteiger charge is -2.13. The van der Waals surface area contributed by atoms with E-state index < -0.39 is 0 Å². The molecule has 0 aliphatic carbocycles. The highest BCUT2D eigenvalue weighted by Crippen LogP contribution is 2.24. The lowest BCUT2D eigenvalue weighted by molar-refractivity contribution is -0.121. The first kappa shape index (κ1) is 14.5. The fraction of sp³-hybridized carbons (Fsp3) is 0.333. The lowest BCUT2D eigenvalue weighted by Crippen LogP contribution is -2.28. The van der Waals surface area contributed by atoms with E-state index in [0.717, 1.165) is 21.1 Å². The van der Waals surface area contributed by atoms with E-state index in [-0.39, 0.29) is 11.9 Å². The zero-order valence-electron chi connectivity index (χ0n) is 11.9. The molecule has 0 radical (unpaired) electrons. The minimum Gasteiger partial charge on any atom is -0.399 e. The van der Waals surface area contributed by atoms with Gasteiger partial charge in [-0.3, -0.25) is 4.79 Å². The number of nitrogens with zero attached hydrogens (tertiary/aromatic N) is 1. The van der Waals surface area contributed by atoms with Crippen LogP contribution in [0.2, 0.25) is 0 Å². The molecule has 2 aromatic rings. The Morgan fingerprint density at radius 1 is 1.35 bits per heavy atom. The molecule has 3 N–H and O–H groups in total. The molecule has 1 amide bonds. The molecule has 5 heteroatoms. The molecule has 1 atom stereocenters. The van der Waals surface area contributed by atoms with Gasteiger partial charge in [-0.15, -0.1) is 11.3 Å². The van der Waals surface area contributed by atoms with Gasteiger partial charge in [-0.2, -0.15) is 0 Å². The monoisotopic (exact) mass is 289 g/mol. The van der Waals surface area contributed by atoms with Crippen LogP contribution < -0.4 is 11.1 Å². The molecule has 0 spiro atoms. The van der Waals surface area contributed by atoms with E-state index >= 15 is 0 Å². The van der Waals surface area contributed by atoms with Gasteiger partial charge in [0.25, 0.3) is 0 Å². The summed E-state index contributed by atoms with van der Waals surface area (Å²) in [4.78, 5) is 17.5. The Kier molecular flexibility index (Phi) is 4.39. The standard InChI is InChI=1S/C15H19N3OS/c1-9-15(20-11(3)17-9)10(2)18-14(19)8-12-4-6-13(16)7-5-12/h4-7,10H,8,16H2,1-3H3,(H,18,19). The van der Waals surface area contributed by atoms with E-state index in [1.54, 1.807) is 11.3 Å². The average molecular weight is 289 g/mol. The molecule has 1 heterocycles. The van der Waals surface area contributed by atoms with Crippen LogP contribution in [0.3, 0.4) is 0 Å². The Morgan fingerprint density at radius 3 is 2.55 bits per heavy atom. The van der Waals surface area contributed by atoms with Crippen LogP contribution in [0.25, 0.3) is 0 Å². The van der Waals surface area contributed by atoms with Crippen LogP contribution in [-0.4, -0.2) is 10.9 Å². The number of aromatic nitrogens is 1. The highest BCUT2D eigenvalue weighted by Gasteiger charge is 2.15. The molecular formula is C15H19N3OS. The molecular weight excluding hydrogens is 270 g/mol. The number of carbonyl (C=O) groups excluding carboxylic acids is 1. The van der Waals surface area contributed by atoms with Gasteiger partial charge in [0.2, 0.25) is 5.91 Å². The van der Waals surface area contributed by atoms with Crippen molar-refractivity contribution in [2.24, 2.45) is 0 Å². The Hall–Kier alpha value is -1.88. The Bertz CT molecular complexity index is 604. The molecule has 1 unspecified atom stereocenters. The van der Waals surface area contributed by atoms with Gasteiger partial charge < -0.3 is 11.1 Å². The van der Waals surface area contributed by atoms with Crippen molar-refractivity contribution in [3.63, 3.8) is 0 Å². The lowest BCUT2D eigenvalue weighted by atomic mass is 10.1. The minimum atomic E-state index is -0.0116. The van der Waals surface area contributed by atoms with Crippen LogP contribution >= 0.6 is 11.3 Å². The van der Waals surface area contributed by atoms with Gasteiger partial charge in [0, 0.05) is 10.6 Å². The predicted molar refractivity (Wildman–Crippen MR) is 82.7 cm³/mol. The third-order valence-corrected chi connectivity index (χ3v) is 4.31. The highest BCUT2D eigenvalue weighted by molar-refractivity contribution is 7.11. The number of amides is 1. The predicted octanol–water partition coefficient (Wildman–Crippen LogP) is 2.76. The van der Waals surface area contributed by atoms with Gasteiger partial charge in [-0.25, -0.2) is 4.98 Å². The SMILES string of the molecule is Cc1nc(C)c(C(C)NC(=O)Cc2ccc(N)cc2)s1. The van der Waals surface area contributed by atoms with Crippen molar-refractivity contribution < 1.29 is 4.79 Å². The van der Waals surface area contributed by atoms with Crippen molar-refractivity contribution in [2.45, 2.75) is 33.2 Å². The number of aryl methyl sites for hydroxylation is 2. The quantitative estimate of drug-likeness (QED) is 0.850. The molecule has 0 aliphatic heterocycles. The summed E-state index contributed by atoms with van der Waals surface area (Å²) in [5, 5.41) is 4.04. The van der Waals surface area contributed by atoms with Crippen LogP contribution in [0.15, 0.2) is 24.3 Å². The third kappa shape index (κ3) is 3.57. The number of thiazole rings is 1. The summed E-state index contributed by atoms with van der Waals surface area (Å²) < 4.78 is 0. The van der Waals surface area contributed by atoms with Gasteiger partial charge in [0.15, 0.2) is 0 Å². The third-order valence-electron chi connectivity index (χ3n) is 3.05. The molecule has 106 valence electrons. The van der Waals surface area contributed by atoms with Crippen LogP contribution in [-0.2, 0) is 11.2 Å². The first-order chi connectivity index (χ1) is 9.45. The number of nitrogens with two attached hydrogens (primary N) is 1. The molecule has 2 rings (SSSR count). The van der Waals surface area contributed by atoms with Gasteiger partial charge in [-0.05, 0) is 38.5 Å². The van der Waals surface area contributed by atoms with Gasteiger partial charge in [-0.1, -0.05) is 12.1 Å². The topological polar surface area (TPSA) is 68.0 Å². The van der Waals surface area contributed by atoms with E-state index in [1.165, 1.54) is 0 Å². The van der Waals surface area contributed by atoms with Crippen LogP contribution in [0.4, 0.5) is 5.69 Å². The molecule has 0 bridgehead atoms. The highest BCUT2D eigenvalue weighted by atomic mass is 32.1. The summed E-state index contributed by atoms with van der Waals surface area (Å²) in [5.41, 5.74) is 8.29. The van der Waals surface area contributed by atoms with Crippen molar-refractivity contribution in [3.05, 3.63) is 45.4 Å². The second kappa shape index (κ2) is 6.05. The number of anilines is 1. The molecule has 1 aromatic heterocycles. The molecule has 0 aliphatic rings. The van der Waals surface area contributed by atoms with E-state index in [9.17, 15) is 4.79 Å². The second-order valence-corrected chi connectivity index (χ2v) is 6.12. The van der Waals surface area contributed by atoms with Crippen molar-refractivity contribution in [1.82, 2.24) is 10.3 Å². The number of carbonyl (C=O) groups is 1. The first-order valence-corrected chi connectivity index (χ1v) is 7.35. The molecule has 0 saturated heterocycles. The summed E-state index contributed by atoms with van der Waals surface area (Å²) in [6.07, 6.45) is 0.363.